The number of benzene rings is 3. The Labute approximate surface area is 221 Å². The van der Waals surface area contributed by atoms with Crippen LogP contribution in [-0.2, 0) is 11.3 Å². The van der Waals surface area contributed by atoms with Crippen molar-refractivity contribution in [1.29, 1.82) is 0 Å². The van der Waals surface area contributed by atoms with Crippen molar-refractivity contribution in [2.24, 2.45) is 0 Å². The zero-order valence-corrected chi connectivity index (χ0v) is 21.7. The molecule has 0 atom stereocenters. The zero-order chi connectivity index (χ0) is 25.1. The van der Waals surface area contributed by atoms with Gasteiger partial charge in [-0.3, -0.25) is 14.5 Å². The zero-order valence-electron chi connectivity index (χ0n) is 20.1. The highest BCUT2D eigenvalue weighted by molar-refractivity contribution is 8.04. The van der Waals surface area contributed by atoms with Gasteiger partial charge in [0.05, 0.1) is 10.6 Å². The van der Waals surface area contributed by atoms with Gasteiger partial charge >= 0.3 is 0 Å². The lowest BCUT2D eigenvalue weighted by atomic mass is 10.0. The van der Waals surface area contributed by atoms with E-state index in [-0.39, 0.29) is 17.9 Å². The maximum Gasteiger partial charge on any atom is 0.264 e. The highest BCUT2D eigenvalue weighted by atomic mass is 35.5. The summed E-state index contributed by atoms with van der Waals surface area (Å²) in [6.45, 7) is 2.86. The molecule has 36 heavy (non-hydrogen) atoms. The van der Waals surface area contributed by atoms with E-state index in [2.05, 4.69) is 34.5 Å². The first-order valence-electron chi connectivity index (χ1n) is 12.1. The summed E-state index contributed by atoms with van der Waals surface area (Å²) >= 11 is 7.69. The van der Waals surface area contributed by atoms with Gasteiger partial charge < -0.3 is 10.2 Å². The Morgan fingerprint density at radius 2 is 1.78 bits per heavy atom. The summed E-state index contributed by atoms with van der Waals surface area (Å²) in [7, 11) is 1.74. The maximum atomic E-state index is 13.1. The first-order valence-corrected chi connectivity index (χ1v) is 13.3. The maximum absolute atomic E-state index is 13.1. The molecular formula is C29H28ClN3O2S. The number of amides is 2. The fourth-order valence-corrected chi connectivity index (χ4v) is 5.89. The summed E-state index contributed by atoms with van der Waals surface area (Å²) < 4.78 is 0. The molecule has 2 heterocycles. The van der Waals surface area contributed by atoms with Crippen LogP contribution >= 0.6 is 23.4 Å². The van der Waals surface area contributed by atoms with Gasteiger partial charge in [0.1, 0.15) is 0 Å². The van der Waals surface area contributed by atoms with Gasteiger partial charge in [0, 0.05) is 48.2 Å². The SMILES string of the molecule is CN1C(=O)/C(=C\c2ccccc2Cl)Sc2ccc(C(=O)NC3CCN(Cc4ccccc4)CC3)cc21. The second kappa shape index (κ2) is 10.9. The molecule has 2 aliphatic heterocycles. The van der Waals surface area contributed by atoms with E-state index < -0.39 is 0 Å². The number of piperidine rings is 1. The predicted octanol–water partition coefficient (Wildman–Crippen LogP) is 5.84. The quantitative estimate of drug-likeness (QED) is 0.432. The van der Waals surface area contributed by atoms with Crippen LogP contribution in [-0.4, -0.2) is 42.9 Å². The van der Waals surface area contributed by atoms with Gasteiger partial charge in [0.15, 0.2) is 0 Å². The molecule has 0 saturated carbocycles. The van der Waals surface area contributed by atoms with Crippen LogP contribution in [0.1, 0.15) is 34.3 Å². The van der Waals surface area contributed by atoms with Crippen LogP contribution in [0, 0.1) is 0 Å². The molecule has 0 radical (unpaired) electrons. The molecule has 0 unspecified atom stereocenters. The van der Waals surface area contributed by atoms with Crippen molar-refractivity contribution in [3.05, 3.63) is 99.4 Å². The minimum absolute atomic E-state index is 0.0948. The number of rotatable bonds is 5. The van der Waals surface area contributed by atoms with Gasteiger partial charge in [-0.25, -0.2) is 0 Å². The second-order valence-electron chi connectivity index (χ2n) is 9.19. The minimum Gasteiger partial charge on any atom is -0.349 e. The summed E-state index contributed by atoms with van der Waals surface area (Å²) in [6, 6.07) is 23.7. The van der Waals surface area contributed by atoms with E-state index in [9.17, 15) is 9.59 Å². The Hall–Kier alpha value is -3.06. The molecule has 1 saturated heterocycles. The topological polar surface area (TPSA) is 52.7 Å². The molecule has 1 N–H and O–H groups in total. The van der Waals surface area contributed by atoms with Crippen molar-refractivity contribution < 1.29 is 9.59 Å². The van der Waals surface area contributed by atoms with Crippen LogP contribution in [0.5, 0.6) is 0 Å². The number of carbonyl (C=O) groups is 2. The van der Waals surface area contributed by atoms with E-state index in [1.165, 1.54) is 17.3 Å². The van der Waals surface area contributed by atoms with E-state index >= 15 is 0 Å². The number of likely N-dealkylation sites (tertiary alicyclic amines) is 1. The number of anilines is 1. The van der Waals surface area contributed by atoms with Crippen LogP contribution in [0.4, 0.5) is 5.69 Å². The molecule has 7 heteroatoms. The Kier molecular flexibility index (Phi) is 7.46. The largest absolute Gasteiger partial charge is 0.349 e. The number of hydrogen-bond acceptors (Lipinski definition) is 4. The summed E-state index contributed by atoms with van der Waals surface area (Å²) in [6.07, 6.45) is 3.67. The molecule has 3 aromatic carbocycles. The van der Waals surface area contributed by atoms with Crippen LogP contribution in [0.3, 0.4) is 0 Å². The summed E-state index contributed by atoms with van der Waals surface area (Å²) in [5.74, 6) is -0.210. The average molecular weight is 518 g/mol. The molecule has 0 aliphatic carbocycles. The van der Waals surface area contributed by atoms with Gasteiger partial charge in [0.25, 0.3) is 11.8 Å². The van der Waals surface area contributed by atoms with Gasteiger partial charge in [-0.15, -0.1) is 0 Å². The third-order valence-electron chi connectivity index (χ3n) is 6.68. The molecule has 3 aromatic rings. The van der Waals surface area contributed by atoms with Gasteiger partial charge in [-0.2, -0.15) is 0 Å². The Morgan fingerprint density at radius 3 is 2.53 bits per heavy atom. The smallest absolute Gasteiger partial charge is 0.264 e. The number of nitrogens with one attached hydrogen (secondary N) is 1. The van der Waals surface area contributed by atoms with Crippen molar-refractivity contribution >= 4 is 46.9 Å². The van der Waals surface area contributed by atoms with Crippen LogP contribution < -0.4 is 10.2 Å². The van der Waals surface area contributed by atoms with Gasteiger partial charge in [-0.05, 0) is 54.3 Å². The molecule has 184 valence electrons. The molecule has 2 amide bonds. The molecule has 0 aromatic heterocycles. The summed E-state index contributed by atoms with van der Waals surface area (Å²) in [5, 5.41) is 3.80. The van der Waals surface area contributed by atoms with E-state index in [0.717, 1.165) is 48.6 Å². The molecule has 0 bridgehead atoms. The Morgan fingerprint density at radius 1 is 1.06 bits per heavy atom. The van der Waals surface area contributed by atoms with Crippen molar-refractivity contribution in [3.8, 4) is 0 Å². The number of carbonyl (C=O) groups excluding carboxylic acids is 2. The standard InChI is InChI=1S/C29H28ClN3O2S/c1-32-25-17-22(11-12-26(25)36-27(29(32)35)18-21-9-5-6-10-24(21)30)28(34)31-23-13-15-33(16-14-23)19-20-7-3-2-4-8-20/h2-12,17-18,23H,13-16,19H2,1H3,(H,31,34)/b27-18+. The normalized spacial score (nSPS) is 17.8. The van der Waals surface area contributed by atoms with Gasteiger partial charge in [0.2, 0.25) is 0 Å². The fourth-order valence-electron chi connectivity index (χ4n) is 4.61. The first-order chi connectivity index (χ1) is 17.5. The predicted molar refractivity (Wildman–Crippen MR) is 147 cm³/mol. The first kappa shape index (κ1) is 24.6. The van der Waals surface area contributed by atoms with Gasteiger partial charge in [-0.1, -0.05) is 71.9 Å². The number of hydrogen-bond donors (Lipinski definition) is 1. The molecule has 0 spiro atoms. The van der Waals surface area contributed by atoms with Crippen molar-refractivity contribution in [2.45, 2.75) is 30.3 Å². The average Bonchev–Trinajstić information content (AvgIpc) is 2.90. The minimum atomic E-state index is -0.115. The summed E-state index contributed by atoms with van der Waals surface area (Å²) in [5.41, 5.74) is 3.43. The van der Waals surface area contributed by atoms with Crippen LogP contribution in [0.25, 0.3) is 6.08 Å². The van der Waals surface area contributed by atoms with E-state index in [1.54, 1.807) is 11.9 Å². The highest BCUT2D eigenvalue weighted by Gasteiger charge is 2.28. The Bertz CT molecular complexity index is 1300. The van der Waals surface area contributed by atoms with Crippen molar-refractivity contribution in [3.63, 3.8) is 0 Å². The molecule has 5 nitrogen and oxygen atoms in total. The van der Waals surface area contributed by atoms with Crippen LogP contribution in [0.15, 0.2) is 82.6 Å². The molecule has 2 aliphatic rings. The van der Waals surface area contributed by atoms with Crippen LogP contribution in [0.2, 0.25) is 5.02 Å². The monoisotopic (exact) mass is 517 g/mol. The third-order valence-corrected chi connectivity index (χ3v) is 8.10. The number of halogens is 1. The Balaban J connectivity index is 1.23. The number of thioether (sulfide) groups is 1. The lowest BCUT2D eigenvalue weighted by molar-refractivity contribution is -0.114. The molecule has 5 rings (SSSR count). The lowest BCUT2D eigenvalue weighted by Gasteiger charge is -2.32. The van der Waals surface area contributed by atoms with Crippen molar-refractivity contribution in [2.75, 3.05) is 25.0 Å². The number of likely N-dealkylation sites (N-methyl/N-ethyl adjacent to an activating group) is 1. The molecular weight excluding hydrogens is 490 g/mol. The highest BCUT2D eigenvalue weighted by Crippen LogP contribution is 2.42. The van der Waals surface area contributed by atoms with E-state index in [0.29, 0.717) is 15.5 Å². The third kappa shape index (κ3) is 5.51. The van der Waals surface area contributed by atoms with E-state index in [1.807, 2.05) is 54.6 Å². The number of fused-ring (bicyclic) bond motifs is 1. The summed E-state index contributed by atoms with van der Waals surface area (Å²) in [4.78, 5) is 31.7. The second-order valence-corrected chi connectivity index (χ2v) is 10.7. The fraction of sp³-hybridized carbons (Fsp3) is 0.241. The van der Waals surface area contributed by atoms with E-state index in [4.69, 9.17) is 11.6 Å². The molecule has 1 fully saturated rings. The number of nitrogens with zero attached hydrogens (tertiary/aromatic N) is 2. The lowest BCUT2D eigenvalue weighted by Crippen LogP contribution is -2.44. The van der Waals surface area contributed by atoms with Crippen molar-refractivity contribution in [1.82, 2.24) is 10.2 Å².